The number of hydrogen-bond donors (Lipinski definition) is 1. The molecule has 1 N–H and O–H groups in total. The van der Waals surface area contributed by atoms with Crippen LogP contribution in [0, 0.1) is 0 Å². The van der Waals surface area contributed by atoms with Crippen LogP contribution in [0.25, 0.3) is 10.6 Å². The maximum Gasteiger partial charge on any atom is 0.276 e. The number of nitrogens with one attached hydrogen (secondary N) is 1. The predicted molar refractivity (Wildman–Crippen MR) is 115 cm³/mol. The Hall–Kier alpha value is -3.78. The number of hydrogen-bond acceptors (Lipinski definition) is 7. The van der Waals surface area contributed by atoms with Crippen molar-refractivity contribution in [3.05, 3.63) is 83.8 Å². The van der Waals surface area contributed by atoms with E-state index in [0.29, 0.717) is 34.6 Å². The number of carbonyl (C=O) groups excluding carboxylic acids is 1. The fourth-order valence-corrected chi connectivity index (χ4v) is 3.57. The summed E-state index contributed by atoms with van der Waals surface area (Å²) in [5.74, 6) is 1.15. The van der Waals surface area contributed by atoms with Crippen LogP contribution in [-0.4, -0.2) is 28.0 Å². The van der Waals surface area contributed by atoms with Gasteiger partial charge in [-0.2, -0.15) is 0 Å². The van der Waals surface area contributed by atoms with Crippen LogP contribution in [0.2, 0.25) is 0 Å². The number of pyridine rings is 2. The van der Waals surface area contributed by atoms with E-state index < -0.39 is 0 Å². The van der Waals surface area contributed by atoms with Gasteiger partial charge in [-0.1, -0.05) is 12.1 Å². The Bertz CT molecular complexity index is 1150. The van der Waals surface area contributed by atoms with E-state index in [4.69, 9.17) is 9.47 Å². The van der Waals surface area contributed by atoms with Crippen LogP contribution < -0.4 is 14.8 Å². The lowest BCUT2D eigenvalue weighted by Crippen LogP contribution is -2.14. The van der Waals surface area contributed by atoms with Gasteiger partial charge < -0.3 is 14.8 Å². The minimum atomic E-state index is -0.361. The number of methoxy groups -OCH3 is 1. The van der Waals surface area contributed by atoms with E-state index in [1.54, 1.807) is 43.2 Å². The number of anilines is 1. The molecular formula is C22H18N4O3S. The van der Waals surface area contributed by atoms with E-state index in [1.165, 1.54) is 11.3 Å². The van der Waals surface area contributed by atoms with Crippen LogP contribution in [0.1, 0.15) is 16.1 Å². The van der Waals surface area contributed by atoms with E-state index in [0.717, 1.165) is 11.1 Å². The molecule has 4 aromatic rings. The van der Waals surface area contributed by atoms with Crippen molar-refractivity contribution in [3.63, 3.8) is 0 Å². The van der Waals surface area contributed by atoms with Gasteiger partial charge in [0.1, 0.15) is 23.1 Å². The van der Waals surface area contributed by atoms with E-state index in [1.807, 2.05) is 36.4 Å². The van der Waals surface area contributed by atoms with Crippen molar-refractivity contribution in [2.45, 2.75) is 6.61 Å². The Labute approximate surface area is 177 Å². The monoisotopic (exact) mass is 418 g/mol. The van der Waals surface area contributed by atoms with E-state index >= 15 is 0 Å². The van der Waals surface area contributed by atoms with Gasteiger partial charge >= 0.3 is 0 Å². The molecule has 1 amide bonds. The summed E-state index contributed by atoms with van der Waals surface area (Å²) in [4.78, 5) is 25.4. The maximum absolute atomic E-state index is 12.7. The standard InChI is InChI=1S/C22H18N4O3S/c1-28-18-6-3-2-5-16(18)22-25-17(14-30-22)21(27)26-20-19(7-4-10-24-20)29-13-15-8-11-23-12-9-15/h2-12,14H,13H2,1H3,(H,24,26,27). The normalized spacial score (nSPS) is 10.4. The lowest BCUT2D eigenvalue weighted by molar-refractivity contribution is 0.102. The number of carbonyl (C=O) groups is 1. The second-order valence-corrected chi connectivity index (χ2v) is 7.04. The molecule has 0 spiro atoms. The zero-order chi connectivity index (χ0) is 20.8. The Morgan fingerprint density at radius 3 is 2.67 bits per heavy atom. The first-order valence-corrected chi connectivity index (χ1v) is 9.99. The average Bonchev–Trinajstić information content (AvgIpc) is 3.29. The molecule has 0 bridgehead atoms. The Balaban J connectivity index is 1.49. The van der Waals surface area contributed by atoms with Gasteiger partial charge in [0.25, 0.3) is 5.91 Å². The fraction of sp³-hybridized carbons (Fsp3) is 0.0909. The van der Waals surface area contributed by atoms with E-state index in [-0.39, 0.29) is 5.91 Å². The molecule has 0 saturated heterocycles. The van der Waals surface area contributed by atoms with Gasteiger partial charge in [-0.15, -0.1) is 11.3 Å². The van der Waals surface area contributed by atoms with Crippen molar-refractivity contribution >= 4 is 23.1 Å². The van der Waals surface area contributed by atoms with Gasteiger partial charge in [-0.25, -0.2) is 9.97 Å². The van der Waals surface area contributed by atoms with E-state index in [2.05, 4.69) is 20.3 Å². The van der Waals surface area contributed by atoms with Crippen LogP contribution in [0.4, 0.5) is 5.82 Å². The highest BCUT2D eigenvalue weighted by Gasteiger charge is 2.16. The molecule has 3 aromatic heterocycles. The minimum absolute atomic E-state index is 0.298. The molecule has 0 aliphatic carbocycles. The van der Waals surface area contributed by atoms with Crippen LogP contribution in [0.3, 0.4) is 0 Å². The second kappa shape index (κ2) is 9.15. The summed E-state index contributed by atoms with van der Waals surface area (Å²) >= 11 is 1.37. The van der Waals surface area contributed by atoms with Crippen molar-refractivity contribution in [1.82, 2.24) is 15.0 Å². The highest BCUT2D eigenvalue weighted by molar-refractivity contribution is 7.13. The molecule has 0 fully saturated rings. The van der Waals surface area contributed by atoms with Crippen LogP contribution in [0.15, 0.2) is 72.5 Å². The molecule has 0 unspecified atom stereocenters. The van der Waals surface area contributed by atoms with Gasteiger partial charge in [-0.3, -0.25) is 9.78 Å². The molecule has 7 nitrogen and oxygen atoms in total. The quantitative estimate of drug-likeness (QED) is 0.478. The number of thiazole rings is 1. The molecule has 0 atom stereocenters. The first-order valence-electron chi connectivity index (χ1n) is 9.11. The third-order valence-electron chi connectivity index (χ3n) is 4.22. The molecule has 30 heavy (non-hydrogen) atoms. The average molecular weight is 418 g/mol. The predicted octanol–water partition coefficient (Wildman–Crippen LogP) is 4.44. The molecule has 0 saturated carbocycles. The lowest BCUT2D eigenvalue weighted by atomic mass is 10.2. The summed E-state index contributed by atoms with van der Waals surface area (Å²) in [5, 5.41) is 5.19. The summed E-state index contributed by atoms with van der Waals surface area (Å²) in [7, 11) is 1.61. The van der Waals surface area contributed by atoms with Crippen molar-refractivity contribution in [2.24, 2.45) is 0 Å². The molecular weight excluding hydrogens is 400 g/mol. The van der Waals surface area contributed by atoms with Gasteiger partial charge in [0, 0.05) is 24.0 Å². The molecule has 0 aliphatic rings. The number of aromatic nitrogens is 3. The summed E-state index contributed by atoms with van der Waals surface area (Å²) in [5.41, 5.74) is 2.10. The van der Waals surface area contributed by atoms with Crippen LogP contribution in [0.5, 0.6) is 11.5 Å². The Morgan fingerprint density at radius 2 is 1.83 bits per heavy atom. The molecule has 150 valence electrons. The fourth-order valence-electron chi connectivity index (χ4n) is 2.74. The lowest BCUT2D eigenvalue weighted by Gasteiger charge is -2.11. The number of nitrogens with zero attached hydrogens (tertiary/aromatic N) is 3. The third kappa shape index (κ3) is 4.44. The van der Waals surface area contributed by atoms with Gasteiger partial charge in [0.15, 0.2) is 11.6 Å². The van der Waals surface area contributed by atoms with Crippen molar-refractivity contribution in [3.8, 4) is 22.1 Å². The van der Waals surface area contributed by atoms with Gasteiger partial charge in [0.2, 0.25) is 0 Å². The summed E-state index contributed by atoms with van der Waals surface area (Å²) in [6.07, 6.45) is 4.99. The summed E-state index contributed by atoms with van der Waals surface area (Å²) in [6, 6.07) is 14.8. The smallest absolute Gasteiger partial charge is 0.276 e. The topological polar surface area (TPSA) is 86.2 Å². The molecule has 0 radical (unpaired) electrons. The number of benzene rings is 1. The summed E-state index contributed by atoms with van der Waals surface area (Å²) < 4.78 is 11.2. The molecule has 3 heterocycles. The third-order valence-corrected chi connectivity index (χ3v) is 5.10. The highest BCUT2D eigenvalue weighted by atomic mass is 32.1. The Kier molecular flexibility index (Phi) is 5.95. The van der Waals surface area contributed by atoms with Gasteiger partial charge in [-0.05, 0) is 42.0 Å². The molecule has 1 aromatic carbocycles. The number of rotatable bonds is 7. The SMILES string of the molecule is COc1ccccc1-c1nc(C(=O)Nc2ncccc2OCc2ccncc2)cs1. The van der Waals surface area contributed by atoms with Crippen molar-refractivity contribution in [1.29, 1.82) is 0 Å². The highest BCUT2D eigenvalue weighted by Crippen LogP contribution is 2.32. The van der Waals surface area contributed by atoms with Gasteiger partial charge in [0.05, 0.1) is 12.7 Å². The maximum atomic E-state index is 12.7. The minimum Gasteiger partial charge on any atom is -0.496 e. The first-order chi connectivity index (χ1) is 14.7. The van der Waals surface area contributed by atoms with Crippen molar-refractivity contribution < 1.29 is 14.3 Å². The molecule has 0 aliphatic heterocycles. The summed E-state index contributed by atoms with van der Waals surface area (Å²) in [6.45, 7) is 0.339. The van der Waals surface area contributed by atoms with E-state index in [9.17, 15) is 4.79 Å². The number of para-hydroxylation sites is 1. The second-order valence-electron chi connectivity index (χ2n) is 6.19. The number of amides is 1. The van der Waals surface area contributed by atoms with Crippen molar-refractivity contribution in [2.75, 3.05) is 12.4 Å². The zero-order valence-corrected chi connectivity index (χ0v) is 16.9. The van der Waals surface area contributed by atoms with Crippen LogP contribution >= 0.6 is 11.3 Å². The van der Waals surface area contributed by atoms with Crippen LogP contribution in [-0.2, 0) is 6.61 Å². The largest absolute Gasteiger partial charge is 0.496 e. The number of ether oxygens (including phenoxy) is 2. The molecule has 4 rings (SSSR count). The molecule has 8 heteroatoms. The Morgan fingerprint density at radius 1 is 1.03 bits per heavy atom. The first kappa shape index (κ1) is 19.5. The zero-order valence-electron chi connectivity index (χ0n) is 16.1.